The largest absolute Gasteiger partial charge is 0.495 e. The minimum Gasteiger partial charge on any atom is -0.495 e. The van der Waals surface area contributed by atoms with Crippen molar-refractivity contribution in [1.82, 2.24) is 18.9 Å². The van der Waals surface area contributed by atoms with E-state index in [4.69, 9.17) is 14.7 Å². The molecule has 0 saturated carbocycles. The Labute approximate surface area is 183 Å². The fourth-order valence-electron chi connectivity index (χ4n) is 3.65. The lowest BCUT2D eigenvalue weighted by molar-refractivity contribution is 0.411. The van der Waals surface area contributed by atoms with Gasteiger partial charge in [-0.3, -0.25) is 9.36 Å². The number of hydrogen-bond donors (Lipinski definition) is 0. The van der Waals surface area contributed by atoms with Gasteiger partial charge < -0.3 is 9.14 Å². The normalized spacial score (nSPS) is 11.3. The highest BCUT2D eigenvalue weighted by molar-refractivity contribution is 7.98. The van der Waals surface area contributed by atoms with E-state index in [1.54, 1.807) is 17.7 Å². The van der Waals surface area contributed by atoms with Crippen LogP contribution in [0.2, 0.25) is 0 Å². The molecule has 7 heteroatoms. The van der Waals surface area contributed by atoms with Crippen LogP contribution < -0.4 is 10.3 Å². The van der Waals surface area contributed by atoms with Crippen LogP contribution in [-0.4, -0.2) is 26.0 Å². The summed E-state index contributed by atoms with van der Waals surface area (Å²) in [5, 5.41) is 1.17. The summed E-state index contributed by atoms with van der Waals surface area (Å²) in [6.45, 7) is 2.05. The zero-order valence-electron chi connectivity index (χ0n) is 17.1. The average molecular weight is 429 g/mol. The standard InChI is InChI=1S/C24H20N4O2S/c1-16-8-7-13-27-14-17(25-22(16)27)15-31-24-26-19-10-4-3-9-18(19)23(29)28(24)20-11-5-6-12-21(20)30-2/h3-14H,15H2,1-2H3. The lowest BCUT2D eigenvalue weighted by Crippen LogP contribution is -2.22. The predicted molar refractivity (Wildman–Crippen MR) is 123 cm³/mol. The van der Waals surface area contributed by atoms with Gasteiger partial charge in [-0.25, -0.2) is 9.97 Å². The van der Waals surface area contributed by atoms with Crippen molar-refractivity contribution in [3.63, 3.8) is 0 Å². The van der Waals surface area contributed by atoms with E-state index in [1.165, 1.54) is 11.8 Å². The molecule has 3 aromatic heterocycles. The molecule has 154 valence electrons. The Kier molecular flexibility index (Phi) is 4.95. The molecule has 0 spiro atoms. The number of ether oxygens (including phenoxy) is 1. The lowest BCUT2D eigenvalue weighted by atomic mass is 10.2. The first-order valence-electron chi connectivity index (χ1n) is 9.87. The van der Waals surface area contributed by atoms with Gasteiger partial charge in [-0.2, -0.15) is 0 Å². The van der Waals surface area contributed by atoms with Crippen molar-refractivity contribution in [2.45, 2.75) is 17.8 Å². The quantitative estimate of drug-likeness (QED) is 0.301. The number of thioether (sulfide) groups is 1. The van der Waals surface area contributed by atoms with E-state index in [1.807, 2.05) is 78.3 Å². The Morgan fingerprint density at radius 3 is 2.65 bits per heavy atom. The Bertz CT molecular complexity index is 1470. The molecular weight excluding hydrogens is 408 g/mol. The molecule has 2 aromatic carbocycles. The average Bonchev–Trinajstić information content (AvgIpc) is 3.22. The third kappa shape index (κ3) is 3.47. The molecule has 0 aliphatic rings. The molecule has 0 aliphatic heterocycles. The lowest BCUT2D eigenvalue weighted by Gasteiger charge is -2.15. The summed E-state index contributed by atoms with van der Waals surface area (Å²) in [4.78, 5) is 23.0. The molecule has 0 N–H and O–H groups in total. The first kappa shape index (κ1) is 19.4. The summed E-state index contributed by atoms with van der Waals surface area (Å²) in [6, 6.07) is 18.9. The van der Waals surface area contributed by atoms with Crippen molar-refractivity contribution in [3.05, 3.63) is 94.7 Å². The summed E-state index contributed by atoms with van der Waals surface area (Å²) < 4.78 is 9.18. The molecule has 0 aliphatic carbocycles. The van der Waals surface area contributed by atoms with Crippen LogP contribution in [0.15, 0.2) is 83.0 Å². The minimum absolute atomic E-state index is 0.122. The maximum atomic E-state index is 13.4. The van der Waals surface area contributed by atoms with E-state index in [0.29, 0.717) is 33.2 Å². The van der Waals surface area contributed by atoms with Gasteiger partial charge >= 0.3 is 0 Å². The van der Waals surface area contributed by atoms with Crippen molar-refractivity contribution >= 4 is 28.3 Å². The van der Waals surface area contributed by atoms with Gasteiger partial charge in [0.05, 0.1) is 29.4 Å². The van der Waals surface area contributed by atoms with Gasteiger partial charge in [0.2, 0.25) is 0 Å². The summed E-state index contributed by atoms with van der Waals surface area (Å²) in [5.74, 6) is 1.20. The second kappa shape index (κ2) is 7.92. The number of aromatic nitrogens is 4. The van der Waals surface area contributed by atoms with Crippen LogP contribution in [0.4, 0.5) is 0 Å². The van der Waals surface area contributed by atoms with Crippen LogP contribution in [0.25, 0.3) is 22.2 Å². The van der Waals surface area contributed by atoms with Gasteiger partial charge in [0.1, 0.15) is 11.4 Å². The van der Waals surface area contributed by atoms with Crippen molar-refractivity contribution in [1.29, 1.82) is 0 Å². The number of benzene rings is 2. The first-order chi connectivity index (χ1) is 15.2. The third-order valence-electron chi connectivity index (χ3n) is 5.15. The summed E-state index contributed by atoms with van der Waals surface area (Å²) in [5.41, 5.74) is 4.20. The molecule has 31 heavy (non-hydrogen) atoms. The SMILES string of the molecule is COc1ccccc1-n1c(SCc2cn3cccc(C)c3n2)nc2ccccc2c1=O. The van der Waals surface area contributed by atoms with Gasteiger partial charge in [-0.15, -0.1) is 0 Å². The Morgan fingerprint density at radius 1 is 1.00 bits per heavy atom. The third-order valence-corrected chi connectivity index (χ3v) is 6.12. The van der Waals surface area contributed by atoms with Gasteiger partial charge in [0, 0.05) is 18.1 Å². The van der Waals surface area contributed by atoms with Crippen LogP contribution in [0.3, 0.4) is 0 Å². The monoisotopic (exact) mass is 428 g/mol. The van der Waals surface area contributed by atoms with E-state index in [2.05, 4.69) is 0 Å². The Morgan fingerprint density at radius 2 is 1.81 bits per heavy atom. The second-order valence-electron chi connectivity index (χ2n) is 7.17. The minimum atomic E-state index is -0.122. The molecule has 3 heterocycles. The van der Waals surface area contributed by atoms with E-state index < -0.39 is 0 Å². The molecule has 5 aromatic rings. The van der Waals surface area contributed by atoms with Crippen molar-refractivity contribution in [2.75, 3.05) is 7.11 Å². The van der Waals surface area contributed by atoms with E-state index in [9.17, 15) is 4.79 Å². The summed E-state index contributed by atoms with van der Waals surface area (Å²) in [6.07, 6.45) is 4.00. The maximum Gasteiger partial charge on any atom is 0.266 e. The number of aryl methyl sites for hydroxylation is 1. The molecule has 0 saturated heterocycles. The second-order valence-corrected chi connectivity index (χ2v) is 8.11. The zero-order chi connectivity index (χ0) is 21.4. The number of nitrogens with zero attached hydrogens (tertiary/aromatic N) is 4. The molecule has 0 atom stereocenters. The number of imidazole rings is 1. The molecule has 5 rings (SSSR count). The molecule has 0 bridgehead atoms. The first-order valence-corrected chi connectivity index (χ1v) is 10.9. The fraction of sp³-hybridized carbons (Fsp3) is 0.125. The number of methoxy groups -OCH3 is 1. The molecule has 0 amide bonds. The molecule has 6 nitrogen and oxygen atoms in total. The number of fused-ring (bicyclic) bond motifs is 2. The maximum absolute atomic E-state index is 13.4. The highest BCUT2D eigenvalue weighted by atomic mass is 32.2. The highest BCUT2D eigenvalue weighted by Crippen LogP contribution is 2.28. The van der Waals surface area contributed by atoms with Crippen LogP contribution in [0.1, 0.15) is 11.3 Å². The predicted octanol–water partition coefficient (Wildman–Crippen LogP) is 4.64. The number of hydrogen-bond acceptors (Lipinski definition) is 5. The Balaban J connectivity index is 1.63. The molecule has 0 fully saturated rings. The van der Waals surface area contributed by atoms with E-state index >= 15 is 0 Å². The van der Waals surface area contributed by atoms with E-state index in [-0.39, 0.29) is 5.56 Å². The van der Waals surface area contributed by atoms with Gasteiger partial charge in [0.25, 0.3) is 5.56 Å². The molecule has 0 unspecified atom stereocenters. The zero-order valence-corrected chi connectivity index (χ0v) is 18.0. The van der Waals surface area contributed by atoms with Crippen molar-refractivity contribution < 1.29 is 4.74 Å². The van der Waals surface area contributed by atoms with Gasteiger partial charge in [0.15, 0.2) is 5.16 Å². The van der Waals surface area contributed by atoms with Crippen LogP contribution in [0.5, 0.6) is 5.75 Å². The van der Waals surface area contributed by atoms with Gasteiger partial charge in [-0.05, 0) is 42.8 Å². The number of pyridine rings is 1. The molecule has 0 radical (unpaired) electrons. The van der Waals surface area contributed by atoms with Crippen LogP contribution >= 0.6 is 11.8 Å². The van der Waals surface area contributed by atoms with Crippen LogP contribution in [-0.2, 0) is 5.75 Å². The summed E-state index contributed by atoms with van der Waals surface area (Å²) in [7, 11) is 1.60. The highest BCUT2D eigenvalue weighted by Gasteiger charge is 2.17. The van der Waals surface area contributed by atoms with Gasteiger partial charge in [-0.1, -0.05) is 42.1 Å². The Hall–Kier alpha value is -3.58. The fourth-order valence-corrected chi connectivity index (χ4v) is 4.54. The summed E-state index contributed by atoms with van der Waals surface area (Å²) >= 11 is 1.48. The number of rotatable bonds is 5. The number of para-hydroxylation sites is 3. The topological polar surface area (TPSA) is 61.4 Å². The van der Waals surface area contributed by atoms with Crippen LogP contribution in [0, 0.1) is 6.92 Å². The van der Waals surface area contributed by atoms with Crippen molar-refractivity contribution in [2.24, 2.45) is 0 Å². The smallest absolute Gasteiger partial charge is 0.266 e. The molecular formula is C24H20N4O2S. The van der Waals surface area contributed by atoms with E-state index in [0.717, 1.165) is 16.9 Å². The van der Waals surface area contributed by atoms with Crippen molar-refractivity contribution in [3.8, 4) is 11.4 Å².